The van der Waals surface area contributed by atoms with Crippen LogP contribution in [0.25, 0.3) is 0 Å². The number of ether oxygens (including phenoxy) is 1. The molecule has 24 heavy (non-hydrogen) atoms. The number of methoxy groups -OCH3 is 1. The lowest BCUT2D eigenvalue weighted by Gasteiger charge is -2.21. The zero-order valence-electron chi connectivity index (χ0n) is 13.4. The van der Waals surface area contributed by atoms with Gasteiger partial charge in [-0.1, -0.05) is 6.92 Å². The van der Waals surface area contributed by atoms with E-state index in [0.29, 0.717) is 24.2 Å². The van der Waals surface area contributed by atoms with Crippen LogP contribution < -0.4 is 10.6 Å². The molecule has 1 amide bonds. The zero-order chi connectivity index (χ0) is 17.9. The van der Waals surface area contributed by atoms with Crippen LogP contribution in [-0.4, -0.2) is 45.0 Å². The van der Waals surface area contributed by atoms with Gasteiger partial charge in [0.25, 0.3) is 0 Å². The number of anilines is 1. The number of aliphatic carboxylic acids is 1. The minimum atomic E-state index is -3.54. The highest BCUT2D eigenvalue weighted by molar-refractivity contribution is 7.91. The van der Waals surface area contributed by atoms with Crippen molar-refractivity contribution in [3.8, 4) is 0 Å². The number of hydrogen-bond acceptors (Lipinski definition) is 6. The van der Waals surface area contributed by atoms with Gasteiger partial charge in [-0.15, -0.1) is 0 Å². The van der Waals surface area contributed by atoms with Crippen LogP contribution >= 0.6 is 0 Å². The summed E-state index contributed by atoms with van der Waals surface area (Å²) in [5, 5.41) is 14.9. The molecule has 1 aromatic rings. The SMILES string of the molecule is CCS(=O)(=O)c1ccc(NC(=O)OC)cc1C1NCCC1C(=O)O. The molecule has 1 aliphatic heterocycles. The van der Waals surface area contributed by atoms with Crippen LogP contribution in [-0.2, 0) is 19.4 Å². The number of rotatable bonds is 5. The second kappa shape index (κ2) is 7.18. The summed E-state index contributed by atoms with van der Waals surface area (Å²) < 4.78 is 29.2. The Morgan fingerprint density at radius 2 is 2.12 bits per heavy atom. The van der Waals surface area contributed by atoms with Crippen molar-refractivity contribution < 1.29 is 27.9 Å². The highest BCUT2D eigenvalue weighted by Gasteiger charge is 2.36. The lowest BCUT2D eigenvalue weighted by molar-refractivity contribution is -0.142. The first-order valence-corrected chi connectivity index (χ1v) is 9.13. The van der Waals surface area contributed by atoms with Gasteiger partial charge < -0.3 is 15.2 Å². The third-order valence-corrected chi connectivity index (χ3v) is 5.83. The number of carboxylic acid groups (broad SMARTS) is 1. The number of sulfone groups is 1. The summed E-state index contributed by atoms with van der Waals surface area (Å²) in [6.45, 7) is 2.00. The molecule has 0 spiro atoms. The minimum absolute atomic E-state index is 0.0751. The molecule has 2 unspecified atom stereocenters. The monoisotopic (exact) mass is 356 g/mol. The molecule has 1 aromatic carbocycles. The van der Waals surface area contributed by atoms with Gasteiger partial charge in [0.1, 0.15) is 0 Å². The normalized spacial score (nSPS) is 20.6. The van der Waals surface area contributed by atoms with Gasteiger partial charge >= 0.3 is 12.1 Å². The molecule has 1 saturated heterocycles. The Morgan fingerprint density at radius 3 is 2.71 bits per heavy atom. The summed E-state index contributed by atoms with van der Waals surface area (Å²) >= 11 is 0. The molecule has 0 bridgehead atoms. The van der Waals surface area contributed by atoms with E-state index in [-0.39, 0.29) is 10.6 Å². The van der Waals surface area contributed by atoms with E-state index in [1.165, 1.54) is 32.2 Å². The molecule has 1 aliphatic rings. The predicted molar refractivity (Wildman–Crippen MR) is 86.7 cm³/mol. The number of benzene rings is 1. The van der Waals surface area contributed by atoms with Crippen molar-refractivity contribution in [2.75, 3.05) is 24.7 Å². The topological polar surface area (TPSA) is 122 Å². The van der Waals surface area contributed by atoms with Crippen molar-refractivity contribution in [2.24, 2.45) is 5.92 Å². The fourth-order valence-electron chi connectivity index (χ4n) is 2.77. The molecule has 9 heteroatoms. The average Bonchev–Trinajstić information content (AvgIpc) is 3.04. The van der Waals surface area contributed by atoms with Crippen molar-refractivity contribution in [1.29, 1.82) is 0 Å². The fourth-order valence-corrected chi connectivity index (χ4v) is 3.90. The zero-order valence-corrected chi connectivity index (χ0v) is 14.2. The maximum absolute atomic E-state index is 12.4. The Morgan fingerprint density at radius 1 is 1.42 bits per heavy atom. The quantitative estimate of drug-likeness (QED) is 0.729. The van der Waals surface area contributed by atoms with E-state index >= 15 is 0 Å². The third kappa shape index (κ3) is 3.68. The van der Waals surface area contributed by atoms with E-state index in [2.05, 4.69) is 15.4 Å². The molecular weight excluding hydrogens is 336 g/mol. The molecule has 0 radical (unpaired) electrons. The van der Waals surface area contributed by atoms with Gasteiger partial charge in [-0.25, -0.2) is 13.2 Å². The molecule has 8 nitrogen and oxygen atoms in total. The molecule has 132 valence electrons. The summed E-state index contributed by atoms with van der Waals surface area (Å²) in [5.41, 5.74) is 0.681. The molecule has 0 aliphatic carbocycles. The fraction of sp³-hybridized carbons (Fsp3) is 0.467. The first kappa shape index (κ1) is 18.2. The maximum atomic E-state index is 12.4. The van der Waals surface area contributed by atoms with Crippen molar-refractivity contribution in [3.05, 3.63) is 23.8 Å². The van der Waals surface area contributed by atoms with Gasteiger partial charge in [0.15, 0.2) is 9.84 Å². The van der Waals surface area contributed by atoms with E-state index in [1.54, 1.807) is 0 Å². The second-order valence-electron chi connectivity index (χ2n) is 5.44. The largest absolute Gasteiger partial charge is 0.481 e. The van der Waals surface area contributed by atoms with E-state index in [9.17, 15) is 23.1 Å². The van der Waals surface area contributed by atoms with Crippen molar-refractivity contribution in [1.82, 2.24) is 5.32 Å². The number of carboxylic acids is 1. The Kier molecular flexibility index (Phi) is 5.45. The first-order valence-electron chi connectivity index (χ1n) is 7.48. The van der Waals surface area contributed by atoms with Gasteiger partial charge in [0, 0.05) is 11.7 Å². The van der Waals surface area contributed by atoms with E-state index in [0.717, 1.165) is 0 Å². The number of carbonyl (C=O) groups is 2. The average molecular weight is 356 g/mol. The number of nitrogens with one attached hydrogen (secondary N) is 2. The molecule has 1 fully saturated rings. The van der Waals surface area contributed by atoms with Crippen LogP contribution in [0.2, 0.25) is 0 Å². The van der Waals surface area contributed by atoms with Crippen LogP contribution in [0.3, 0.4) is 0 Å². The maximum Gasteiger partial charge on any atom is 0.411 e. The summed E-state index contributed by atoms with van der Waals surface area (Å²) in [4.78, 5) is 22.9. The molecular formula is C15H20N2O6S. The smallest absolute Gasteiger partial charge is 0.411 e. The summed E-state index contributed by atoms with van der Waals surface area (Å²) in [7, 11) is -2.33. The Balaban J connectivity index is 2.53. The van der Waals surface area contributed by atoms with Crippen LogP contribution in [0, 0.1) is 5.92 Å². The summed E-state index contributed by atoms with van der Waals surface area (Å²) in [6, 6.07) is 3.68. The lowest BCUT2D eigenvalue weighted by Crippen LogP contribution is -2.25. The van der Waals surface area contributed by atoms with E-state index in [1.807, 2.05) is 0 Å². The molecule has 0 saturated carbocycles. The molecule has 1 heterocycles. The van der Waals surface area contributed by atoms with Gasteiger partial charge in [-0.05, 0) is 36.7 Å². The first-order chi connectivity index (χ1) is 11.3. The lowest BCUT2D eigenvalue weighted by atomic mass is 9.94. The Hall–Kier alpha value is -2.13. The van der Waals surface area contributed by atoms with E-state index in [4.69, 9.17) is 0 Å². The predicted octanol–water partition coefficient (Wildman–Crippen LogP) is 1.39. The van der Waals surface area contributed by atoms with Crippen molar-refractivity contribution in [3.63, 3.8) is 0 Å². The number of amides is 1. The van der Waals surface area contributed by atoms with Crippen LogP contribution in [0.5, 0.6) is 0 Å². The second-order valence-corrected chi connectivity index (χ2v) is 7.68. The highest BCUT2D eigenvalue weighted by Crippen LogP contribution is 2.35. The third-order valence-electron chi connectivity index (χ3n) is 4.03. The number of carbonyl (C=O) groups excluding carboxylic acids is 1. The van der Waals surface area contributed by atoms with Crippen molar-refractivity contribution >= 4 is 27.6 Å². The minimum Gasteiger partial charge on any atom is -0.481 e. The van der Waals surface area contributed by atoms with Crippen LogP contribution in [0.15, 0.2) is 23.1 Å². The van der Waals surface area contributed by atoms with Crippen molar-refractivity contribution in [2.45, 2.75) is 24.3 Å². The van der Waals surface area contributed by atoms with Crippen LogP contribution in [0.1, 0.15) is 24.9 Å². The highest BCUT2D eigenvalue weighted by atomic mass is 32.2. The van der Waals surface area contributed by atoms with Gasteiger partial charge in [-0.2, -0.15) is 0 Å². The number of hydrogen-bond donors (Lipinski definition) is 3. The standard InChI is InChI=1S/C15H20N2O6S/c1-3-24(21,22)12-5-4-9(17-15(20)23-2)8-11(12)13-10(14(18)19)6-7-16-13/h4-5,8,10,13,16H,3,6-7H2,1-2H3,(H,17,20)(H,18,19). The molecule has 0 aromatic heterocycles. The molecule has 3 N–H and O–H groups in total. The van der Waals surface area contributed by atoms with Gasteiger partial charge in [0.05, 0.1) is 23.7 Å². The summed E-state index contributed by atoms with van der Waals surface area (Å²) in [5.74, 6) is -1.82. The van der Waals surface area contributed by atoms with Gasteiger partial charge in [0.2, 0.25) is 0 Å². The van der Waals surface area contributed by atoms with Gasteiger partial charge in [-0.3, -0.25) is 10.1 Å². The Bertz CT molecular complexity index is 746. The summed E-state index contributed by atoms with van der Waals surface area (Å²) in [6.07, 6.45) is -0.290. The molecule has 2 rings (SSSR count). The van der Waals surface area contributed by atoms with E-state index < -0.39 is 33.9 Å². The van der Waals surface area contributed by atoms with Crippen LogP contribution in [0.4, 0.5) is 10.5 Å². The Labute approximate surface area is 140 Å². The molecule has 2 atom stereocenters.